The lowest BCUT2D eigenvalue weighted by molar-refractivity contribution is -0.116. The van der Waals surface area contributed by atoms with E-state index < -0.39 is 0 Å². The Hall–Kier alpha value is -3.09. The van der Waals surface area contributed by atoms with Gasteiger partial charge in [0.2, 0.25) is 5.91 Å². The van der Waals surface area contributed by atoms with E-state index in [2.05, 4.69) is 36.5 Å². The number of piperazine rings is 1. The average molecular weight is 395 g/mol. The smallest absolute Gasteiger partial charge is 0.224 e. The monoisotopic (exact) mass is 394 g/mol. The molecule has 1 aromatic heterocycles. The number of pyridine rings is 1. The van der Waals surface area contributed by atoms with Crippen LogP contribution in [0, 0.1) is 0 Å². The molecule has 7 heteroatoms. The fourth-order valence-corrected chi connectivity index (χ4v) is 3.36. The fraction of sp³-hybridized carbons (Fsp3) is 0.409. The highest BCUT2D eigenvalue weighted by Gasteiger charge is 2.20. The fourth-order valence-electron chi connectivity index (χ4n) is 3.36. The molecule has 0 atom stereocenters. The molecule has 0 unspecified atom stereocenters. The third kappa shape index (κ3) is 5.94. The van der Waals surface area contributed by atoms with Gasteiger partial charge >= 0.3 is 0 Å². The minimum absolute atomic E-state index is 0.0589. The molecule has 1 aliphatic heterocycles. The quantitative estimate of drug-likeness (QED) is 0.582. The van der Waals surface area contributed by atoms with Crippen LogP contribution in [-0.4, -0.2) is 55.0 Å². The number of nitrogens with one attached hydrogen (secondary N) is 2. The largest absolute Gasteiger partial charge is 0.353 e. The summed E-state index contributed by atoms with van der Waals surface area (Å²) in [5, 5.41) is 6.36. The van der Waals surface area contributed by atoms with Crippen LogP contribution in [0.2, 0.25) is 0 Å². The number of guanidine groups is 1. The van der Waals surface area contributed by atoms with E-state index in [9.17, 15) is 4.79 Å². The summed E-state index contributed by atoms with van der Waals surface area (Å²) in [6.45, 7) is 6.33. The molecule has 154 valence electrons. The van der Waals surface area contributed by atoms with Crippen molar-refractivity contribution in [1.29, 1.82) is 0 Å². The van der Waals surface area contributed by atoms with Gasteiger partial charge in [0.05, 0.1) is 0 Å². The Kier molecular flexibility index (Phi) is 7.44. The molecule has 1 aromatic carbocycles. The minimum Gasteiger partial charge on any atom is -0.353 e. The zero-order valence-electron chi connectivity index (χ0n) is 17.3. The van der Waals surface area contributed by atoms with Crippen molar-refractivity contribution in [3.05, 3.63) is 54.2 Å². The predicted molar refractivity (Wildman–Crippen MR) is 118 cm³/mol. The number of nitrogens with zero attached hydrogens (tertiary/aromatic N) is 4. The number of anilines is 2. The van der Waals surface area contributed by atoms with Crippen LogP contribution in [0.5, 0.6) is 0 Å². The normalized spacial score (nSPS) is 14.6. The van der Waals surface area contributed by atoms with Crippen LogP contribution in [0.4, 0.5) is 11.5 Å². The SMILES string of the molecule is CCCC(=O)Nc1ccc(CNC(=NC)N2CCN(c3ccccn3)CC2)cc1. The molecule has 1 aliphatic rings. The molecule has 2 N–H and O–H groups in total. The lowest BCUT2D eigenvalue weighted by atomic mass is 10.2. The summed E-state index contributed by atoms with van der Waals surface area (Å²) in [5.74, 6) is 2.00. The number of benzene rings is 1. The van der Waals surface area contributed by atoms with Crippen molar-refractivity contribution in [1.82, 2.24) is 15.2 Å². The number of carbonyl (C=O) groups excluding carboxylic acids is 1. The van der Waals surface area contributed by atoms with E-state index >= 15 is 0 Å². The van der Waals surface area contributed by atoms with E-state index in [0.29, 0.717) is 13.0 Å². The van der Waals surface area contributed by atoms with Crippen molar-refractivity contribution in [2.75, 3.05) is 43.4 Å². The second-order valence-electron chi connectivity index (χ2n) is 7.06. The van der Waals surface area contributed by atoms with Gasteiger partial charge in [-0.2, -0.15) is 0 Å². The Morgan fingerprint density at radius 2 is 1.86 bits per heavy atom. The maximum atomic E-state index is 11.7. The number of aliphatic imine (C=N–C) groups is 1. The van der Waals surface area contributed by atoms with Gasteiger partial charge < -0.3 is 20.4 Å². The van der Waals surface area contributed by atoms with Gasteiger partial charge in [0.15, 0.2) is 5.96 Å². The molecule has 2 heterocycles. The molecule has 1 amide bonds. The Labute approximate surface area is 172 Å². The highest BCUT2D eigenvalue weighted by atomic mass is 16.1. The molecule has 0 saturated carbocycles. The van der Waals surface area contributed by atoms with Crippen LogP contribution in [0.15, 0.2) is 53.7 Å². The van der Waals surface area contributed by atoms with Crippen LogP contribution in [0.1, 0.15) is 25.3 Å². The van der Waals surface area contributed by atoms with E-state index in [1.54, 1.807) is 0 Å². The van der Waals surface area contributed by atoms with E-state index in [1.165, 1.54) is 0 Å². The van der Waals surface area contributed by atoms with Gasteiger partial charge in [0.1, 0.15) is 5.82 Å². The molecule has 0 bridgehead atoms. The van der Waals surface area contributed by atoms with Gasteiger partial charge in [-0.3, -0.25) is 9.79 Å². The summed E-state index contributed by atoms with van der Waals surface area (Å²) in [5.41, 5.74) is 1.98. The van der Waals surface area contributed by atoms with Crippen molar-refractivity contribution in [2.24, 2.45) is 4.99 Å². The second kappa shape index (κ2) is 10.5. The lowest BCUT2D eigenvalue weighted by Gasteiger charge is -2.37. The van der Waals surface area contributed by atoms with Gasteiger partial charge in [-0.25, -0.2) is 4.98 Å². The van der Waals surface area contributed by atoms with Crippen LogP contribution in [0.3, 0.4) is 0 Å². The lowest BCUT2D eigenvalue weighted by Crippen LogP contribution is -2.52. The maximum Gasteiger partial charge on any atom is 0.224 e. The van der Waals surface area contributed by atoms with Crippen molar-refractivity contribution < 1.29 is 4.79 Å². The van der Waals surface area contributed by atoms with Crippen LogP contribution < -0.4 is 15.5 Å². The third-order valence-corrected chi connectivity index (χ3v) is 4.93. The molecule has 0 spiro atoms. The number of aromatic nitrogens is 1. The predicted octanol–water partition coefficient (Wildman–Crippen LogP) is 2.72. The molecule has 7 nitrogen and oxygen atoms in total. The highest BCUT2D eigenvalue weighted by Crippen LogP contribution is 2.13. The number of rotatable bonds is 6. The summed E-state index contributed by atoms with van der Waals surface area (Å²) in [6.07, 6.45) is 3.24. The molecule has 0 radical (unpaired) electrons. The van der Waals surface area contributed by atoms with E-state index in [1.807, 2.05) is 56.6 Å². The Balaban J connectivity index is 1.48. The molecule has 1 saturated heterocycles. The summed E-state index contributed by atoms with van der Waals surface area (Å²) in [6, 6.07) is 14.0. The van der Waals surface area contributed by atoms with E-state index in [0.717, 1.165) is 55.6 Å². The Morgan fingerprint density at radius 1 is 1.10 bits per heavy atom. The molecular formula is C22H30N6O. The van der Waals surface area contributed by atoms with Crippen molar-refractivity contribution in [2.45, 2.75) is 26.3 Å². The third-order valence-electron chi connectivity index (χ3n) is 4.93. The number of amides is 1. The van der Waals surface area contributed by atoms with E-state index in [4.69, 9.17) is 0 Å². The zero-order valence-corrected chi connectivity index (χ0v) is 17.3. The zero-order chi connectivity index (χ0) is 20.5. The first-order valence-electron chi connectivity index (χ1n) is 10.2. The first kappa shape index (κ1) is 20.6. The molecule has 2 aromatic rings. The van der Waals surface area contributed by atoms with Crippen LogP contribution >= 0.6 is 0 Å². The summed E-state index contributed by atoms with van der Waals surface area (Å²) in [7, 11) is 1.82. The minimum atomic E-state index is 0.0589. The molecule has 29 heavy (non-hydrogen) atoms. The van der Waals surface area contributed by atoms with Crippen molar-refractivity contribution in [3.8, 4) is 0 Å². The number of carbonyl (C=O) groups is 1. The number of hydrogen-bond acceptors (Lipinski definition) is 4. The first-order chi connectivity index (χ1) is 14.2. The summed E-state index contributed by atoms with van der Waals surface area (Å²) in [4.78, 5) is 25.1. The van der Waals surface area contributed by atoms with Gasteiger partial charge in [0, 0.05) is 58.1 Å². The second-order valence-corrected chi connectivity index (χ2v) is 7.06. The summed E-state index contributed by atoms with van der Waals surface area (Å²) < 4.78 is 0. The van der Waals surface area contributed by atoms with Gasteiger partial charge in [-0.1, -0.05) is 25.1 Å². The molecule has 1 fully saturated rings. The van der Waals surface area contributed by atoms with Crippen LogP contribution in [0.25, 0.3) is 0 Å². The maximum absolute atomic E-state index is 11.7. The van der Waals surface area contributed by atoms with Crippen molar-refractivity contribution in [3.63, 3.8) is 0 Å². The first-order valence-corrected chi connectivity index (χ1v) is 10.2. The number of hydrogen-bond donors (Lipinski definition) is 2. The molecular weight excluding hydrogens is 364 g/mol. The highest BCUT2D eigenvalue weighted by molar-refractivity contribution is 5.90. The molecule has 3 rings (SSSR count). The molecule has 0 aliphatic carbocycles. The average Bonchev–Trinajstić information content (AvgIpc) is 2.76. The van der Waals surface area contributed by atoms with Crippen molar-refractivity contribution >= 4 is 23.4 Å². The standard InChI is InChI=1S/C22H30N6O/c1-3-6-21(29)26-19-10-8-18(9-11-19)17-25-22(23-2)28-15-13-27(14-16-28)20-7-4-5-12-24-20/h4-5,7-12H,3,6,13-17H2,1-2H3,(H,23,25)(H,26,29). The Bertz CT molecular complexity index is 798. The topological polar surface area (TPSA) is 72.9 Å². The van der Waals surface area contributed by atoms with Gasteiger partial charge in [-0.15, -0.1) is 0 Å². The Morgan fingerprint density at radius 3 is 2.48 bits per heavy atom. The summed E-state index contributed by atoms with van der Waals surface area (Å²) >= 11 is 0. The van der Waals surface area contributed by atoms with Gasteiger partial charge in [-0.05, 0) is 36.2 Å². The van der Waals surface area contributed by atoms with E-state index in [-0.39, 0.29) is 5.91 Å². The van der Waals surface area contributed by atoms with Crippen LogP contribution in [-0.2, 0) is 11.3 Å². The van der Waals surface area contributed by atoms with Gasteiger partial charge in [0.25, 0.3) is 0 Å².